The summed E-state index contributed by atoms with van der Waals surface area (Å²) in [5.74, 6) is 6.32. The molecule has 18 heavy (non-hydrogen) atoms. The van der Waals surface area contributed by atoms with E-state index in [0.717, 1.165) is 25.3 Å². The predicted molar refractivity (Wildman–Crippen MR) is 70.0 cm³/mol. The average Bonchev–Trinajstić information content (AvgIpc) is 2.88. The molecule has 6 heteroatoms. The number of hydrogen-bond donors (Lipinski definition) is 3. The Balaban J connectivity index is 2.01. The van der Waals surface area contributed by atoms with E-state index in [1.165, 1.54) is 12.8 Å². The zero-order chi connectivity index (χ0) is 13.0. The molecule has 1 heterocycles. The molecule has 0 spiro atoms. The number of aliphatic hydroxyl groups excluding tert-OH is 1. The minimum Gasteiger partial charge on any atom is -0.394 e. The Morgan fingerprint density at radius 2 is 2.17 bits per heavy atom. The van der Waals surface area contributed by atoms with Gasteiger partial charge in [-0.2, -0.15) is 0 Å². The summed E-state index contributed by atoms with van der Waals surface area (Å²) < 4.78 is 5.62. The van der Waals surface area contributed by atoms with Gasteiger partial charge in [0.25, 0.3) is 0 Å². The van der Waals surface area contributed by atoms with Crippen LogP contribution in [-0.4, -0.2) is 53.9 Å². The zero-order valence-electron chi connectivity index (χ0n) is 11.0. The first-order valence-electron chi connectivity index (χ1n) is 6.78. The van der Waals surface area contributed by atoms with Gasteiger partial charge < -0.3 is 14.7 Å². The molecule has 1 aliphatic heterocycles. The van der Waals surface area contributed by atoms with Crippen molar-refractivity contribution in [2.24, 2.45) is 10.8 Å². The number of ether oxygens (including phenoxy) is 1. The van der Waals surface area contributed by atoms with Gasteiger partial charge in [-0.1, -0.05) is 12.8 Å². The molecule has 4 N–H and O–H groups in total. The van der Waals surface area contributed by atoms with Gasteiger partial charge in [0.15, 0.2) is 0 Å². The molecule has 0 amide bonds. The lowest BCUT2D eigenvalue weighted by molar-refractivity contribution is -0.0792. The second-order valence-corrected chi connectivity index (χ2v) is 5.19. The Hall–Kier alpha value is -0.850. The molecule has 0 aromatic heterocycles. The topological polar surface area (TPSA) is 83.1 Å². The molecule has 2 atom stereocenters. The Bertz CT molecular complexity index is 292. The summed E-state index contributed by atoms with van der Waals surface area (Å²) in [6.45, 7) is 3.42. The van der Waals surface area contributed by atoms with Crippen LogP contribution in [-0.2, 0) is 4.74 Å². The molecule has 0 aromatic rings. The van der Waals surface area contributed by atoms with Gasteiger partial charge in [-0.05, 0) is 19.8 Å². The van der Waals surface area contributed by atoms with Crippen LogP contribution in [0.3, 0.4) is 0 Å². The van der Waals surface area contributed by atoms with Crippen molar-refractivity contribution in [3.8, 4) is 0 Å². The number of nitrogens with two attached hydrogens (primary N) is 1. The predicted octanol–water partition coefficient (Wildman–Crippen LogP) is -0.170. The smallest absolute Gasteiger partial charge is 0.208 e. The number of rotatable bonds is 2. The summed E-state index contributed by atoms with van der Waals surface area (Å²) in [7, 11) is 0. The Morgan fingerprint density at radius 3 is 2.78 bits per heavy atom. The highest BCUT2D eigenvalue weighted by Gasteiger charge is 2.27. The van der Waals surface area contributed by atoms with Gasteiger partial charge in [-0.25, -0.2) is 10.8 Å². The largest absolute Gasteiger partial charge is 0.394 e. The maximum Gasteiger partial charge on any atom is 0.208 e. The summed E-state index contributed by atoms with van der Waals surface area (Å²) in [6.07, 6.45) is 4.73. The summed E-state index contributed by atoms with van der Waals surface area (Å²) in [4.78, 5) is 6.77. The van der Waals surface area contributed by atoms with Gasteiger partial charge >= 0.3 is 0 Å². The van der Waals surface area contributed by atoms with Gasteiger partial charge in [-0.15, -0.1) is 0 Å². The van der Waals surface area contributed by atoms with Crippen LogP contribution < -0.4 is 11.3 Å². The van der Waals surface area contributed by atoms with Gasteiger partial charge in [0.2, 0.25) is 5.96 Å². The minimum atomic E-state index is -0.157. The first kappa shape index (κ1) is 13.6. The van der Waals surface area contributed by atoms with Gasteiger partial charge in [0.1, 0.15) is 0 Å². The van der Waals surface area contributed by atoms with Crippen molar-refractivity contribution in [3.05, 3.63) is 0 Å². The average molecular weight is 256 g/mol. The van der Waals surface area contributed by atoms with Crippen LogP contribution in [0, 0.1) is 0 Å². The van der Waals surface area contributed by atoms with Crippen LogP contribution in [0.2, 0.25) is 0 Å². The van der Waals surface area contributed by atoms with Gasteiger partial charge in [0.05, 0.1) is 24.9 Å². The molecule has 2 fully saturated rings. The molecule has 1 saturated carbocycles. The van der Waals surface area contributed by atoms with E-state index in [1.807, 2.05) is 6.92 Å². The zero-order valence-corrected chi connectivity index (χ0v) is 11.0. The van der Waals surface area contributed by atoms with Crippen molar-refractivity contribution in [3.63, 3.8) is 0 Å². The molecule has 6 nitrogen and oxygen atoms in total. The number of aliphatic hydroxyl groups is 1. The molecule has 0 aromatic carbocycles. The Kier molecular flexibility index (Phi) is 4.79. The number of nitrogens with one attached hydrogen (secondary N) is 1. The second kappa shape index (κ2) is 6.36. The van der Waals surface area contributed by atoms with Crippen LogP contribution in [0.4, 0.5) is 0 Å². The molecule has 2 unspecified atom stereocenters. The van der Waals surface area contributed by atoms with Crippen molar-refractivity contribution in [1.82, 2.24) is 10.3 Å². The summed E-state index contributed by atoms with van der Waals surface area (Å²) in [5.41, 5.74) is 2.70. The highest BCUT2D eigenvalue weighted by atomic mass is 16.5. The molecule has 0 radical (unpaired) electrons. The summed E-state index contributed by atoms with van der Waals surface area (Å²) >= 11 is 0. The normalized spacial score (nSPS) is 30.8. The number of hydrazine groups is 1. The lowest BCUT2D eigenvalue weighted by Crippen LogP contribution is -2.55. The number of aliphatic imine (C=N–C) groups is 1. The molecular formula is C12H24N4O2. The first-order valence-corrected chi connectivity index (χ1v) is 6.78. The minimum absolute atomic E-state index is 0.0299. The Labute approximate surface area is 108 Å². The number of guanidine groups is 1. The number of nitrogens with zero attached hydrogens (tertiary/aromatic N) is 2. The van der Waals surface area contributed by atoms with Gasteiger partial charge in [-0.3, -0.25) is 5.43 Å². The maximum absolute atomic E-state index is 9.22. The van der Waals surface area contributed by atoms with E-state index in [4.69, 9.17) is 15.6 Å². The summed E-state index contributed by atoms with van der Waals surface area (Å²) in [6, 6.07) is 0.391. The van der Waals surface area contributed by atoms with Crippen molar-refractivity contribution in [2.45, 2.75) is 50.9 Å². The number of hydrogen-bond acceptors (Lipinski definition) is 4. The van der Waals surface area contributed by atoms with E-state index in [2.05, 4.69) is 10.3 Å². The van der Waals surface area contributed by atoms with Crippen molar-refractivity contribution in [1.29, 1.82) is 0 Å². The monoisotopic (exact) mass is 256 g/mol. The lowest BCUT2D eigenvalue weighted by atomic mass is 10.2. The SMILES string of the molecule is CC1CN(C(=NC2CCCC2)NN)CC(CO)O1. The van der Waals surface area contributed by atoms with E-state index in [-0.39, 0.29) is 18.8 Å². The third kappa shape index (κ3) is 3.34. The lowest BCUT2D eigenvalue weighted by Gasteiger charge is -2.37. The van der Waals surface area contributed by atoms with Crippen LogP contribution >= 0.6 is 0 Å². The van der Waals surface area contributed by atoms with Crippen LogP contribution in [0.15, 0.2) is 4.99 Å². The molecule has 1 saturated heterocycles. The standard InChI is InChI=1S/C12H24N4O2/c1-9-6-16(7-11(8-17)18-9)12(15-13)14-10-4-2-3-5-10/h9-11,17H,2-8,13H2,1H3,(H,14,15). The highest BCUT2D eigenvalue weighted by molar-refractivity contribution is 5.79. The van der Waals surface area contributed by atoms with Crippen LogP contribution in [0.1, 0.15) is 32.6 Å². The van der Waals surface area contributed by atoms with E-state index in [1.54, 1.807) is 0 Å². The van der Waals surface area contributed by atoms with Gasteiger partial charge in [0, 0.05) is 13.1 Å². The molecule has 104 valence electrons. The number of morpholine rings is 1. The molecule has 2 aliphatic rings. The van der Waals surface area contributed by atoms with E-state index in [9.17, 15) is 5.11 Å². The second-order valence-electron chi connectivity index (χ2n) is 5.19. The third-order valence-corrected chi connectivity index (χ3v) is 3.59. The first-order chi connectivity index (χ1) is 8.72. The molecule has 2 rings (SSSR count). The molecular weight excluding hydrogens is 232 g/mol. The third-order valence-electron chi connectivity index (χ3n) is 3.59. The fourth-order valence-electron chi connectivity index (χ4n) is 2.74. The van der Waals surface area contributed by atoms with Crippen molar-refractivity contribution >= 4 is 5.96 Å². The quantitative estimate of drug-likeness (QED) is 0.276. The van der Waals surface area contributed by atoms with E-state index in [0.29, 0.717) is 12.6 Å². The highest BCUT2D eigenvalue weighted by Crippen LogP contribution is 2.21. The molecule has 0 bridgehead atoms. The van der Waals surface area contributed by atoms with Crippen molar-refractivity contribution < 1.29 is 9.84 Å². The maximum atomic E-state index is 9.22. The van der Waals surface area contributed by atoms with Crippen LogP contribution in [0.5, 0.6) is 0 Å². The van der Waals surface area contributed by atoms with E-state index < -0.39 is 0 Å². The fraction of sp³-hybridized carbons (Fsp3) is 0.917. The van der Waals surface area contributed by atoms with Crippen LogP contribution in [0.25, 0.3) is 0 Å². The molecule has 1 aliphatic carbocycles. The Morgan fingerprint density at radius 1 is 1.44 bits per heavy atom. The summed E-state index contributed by atoms with van der Waals surface area (Å²) in [5, 5.41) is 9.22. The fourth-order valence-corrected chi connectivity index (χ4v) is 2.74. The van der Waals surface area contributed by atoms with Crippen molar-refractivity contribution in [2.75, 3.05) is 19.7 Å². The van der Waals surface area contributed by atoms with E-state index >= 15 is 0 Å².